The lowest BCUT2D eigenvalue weighted by Gasteiger charge is -2.37. The Balaban J connectivity index is 1.48. The van der Waals surface area contributed by atoms with Crippen molar-refractivity contribution in [3.8, 4) is 5.75 Å². The van der Waals surface area contributed by atoms with Crippen LogP contribution in [0.2, 0.25) is 5.02 Å². The van der Waals surface area contributed by atoms with Crippen molar-refractivity contribution in [2.75, 3.05) is 31.1 Å². The second-order valence-electron chi connectivity index (χ2n) is 7.11. The number of hydrogen-bond donors (Lipinski definition) is 0. The lowest BCUT2D eigenvalue weighted by Crippen LogP contribution is -2.51. The first kappa shape index (κ1) is 19.9. The van der Waals surface area contributed by atoms with Crippen LogP contribution in [0.3, 0.4) is 0 Å². The zero-order valence-corrected chi connectivity index (χ0v) is 17.6. The van der Waals surface area contributed by atoms with Crippen LogP contribution in [0.4, 0.5) is 0 Å². The molecular formula is C19H25ClN2O2S2. The number of likely N-dealkylation sites (tertiary alicyclic amines) is 1. The van der Waals surface area contributed by atoms with Crippen LogP contribution in [0.5, 0.6) is 5.75 Å². The van der Waals surface area contributed by atoms with Crippen molar-refractivity contribution in [2.24, 2.45) is 10.9 Å². The first-order valence-electron chi connectivity index (χ1n) is 8.98. The summed E-state index contributed by atoms with van der Waals surface area (Å²) in [4.78, 5) is 19.3. The number of carbonyl (C=O) groups is 1. The van der Waals surface area contributed by atoms with E-state index >= 15 is 0 Å². The number of carbonyl (C=O) groups excluding carboxylic acids is 1. The Labute approximate surface area is 169 Å². The minimum absolute atomic E-state index is 0.0503. The molecule has 1 aromatic rings. The van der Waals surface area contributed by atoms with Crippen molar-refractivity contribution in [3.05, 3.63) is 29.3 Å². The van der Waals surface area contributed by atoms with E-state index in [1.165, 1.54) is 4.38 Å². The highest BCUT2D eigenvalue weighted by Crippen LogP contribution is 2.29. The topological polar surface area (TPSA) is 41.9 Å². The van der Waals surface area contributed by atoms with Gasteiger partial charge in [0.05, 0.1) is 6.54 Å². The van der Waals surface area contributed by atoms with Gasteiger partial charge in [0.1, 0.15) is 10.1 Å². The number of aliphatic imine (C=N–C) groups is 1. The van der Waals surface area contributed by atoms with Crippen LogP contribution in [0.15, 0.2) is 29.3 Å². The molecule has 1 amide bonds. The van der Waals surface area contributed by atoms with E-state index in [0.717, 1.165) is 44.0 Å². The summed E-state index contributed by atoms with van der Waals surface area (Å²) in [6.45, 7) is 6.24. The van der Waals surface area contributed by atoms with Crippen molar-refractivity contribution in [1.29, 1.82) is 0 Å². The molecule has 2 heterocycles. The summed E-state index contributed by atoms with van der Waals surface area (Å²) in [6.07, 6.45) is 2.10. The van der Waals surface area contributed by atoms with Crippen LogP contribution in [-0.4, -0.2) is 51.9 Å². The van der Waals surface area contributed by atoms with Gasteiger partial charge in [0.2, 0.25) is 0 Å². The second kappa shape index (κ2) is 8.89. The molecule has 0 N–H and O–H groups in total. The van der Waals surface area contributed by atoms with E-state index in [4.69, 9.17) is 16.3 Å². The highest BCUT2D eigenvalue weighted by molar-refractivity contribution is 8.39. The van der Waals surface area contributed by atoms with Gasteiger partial charge in [-0.3, -0.25) is 9.79 Å². The molecule has 4 nitrogen and oxygen atoms in total. The van der Waals surface area contributed by atoms with Gasteiger partial charge in [-0.15, -0.1) is 0 Å². The molecule has 0 radical (unpaired) electrons. The van der Waals surface area contributed by atoms with E-state index in [2.05, 4.69) is 4.99 Å². The SMILES string of the molecule is CC(C)(Oc1ccc(Cl)cc1)C(=O)N1CCC(CSC2=NCCS2)CC1. The van der Waals surface area contributed by atoms with E-state index in [1.54, 1.807) is 24.3 Å². The van der Waals surface area contributed by atoms with Crippen molar-refractivity contribution < 1.29 is 9.53 Å². The Bertz CT molecular complexity index is 656. The summed E-state index contributed by atoms with van der Waals surface area (Å²) in [5, 5.41) is 0.656. The monoisotopic (exact) mass is 412 g/mol. The maximum atomic E-state index is 12.9. The Morgan fingerprint density at radius 3 is 2.65 bits per heavy atom. The van der Waals surface area contributed by atoms with Gasteiger partial charge in [-0.2, -0.15) is 0 Å². The Morgan fingerprint density at radius 2 is 2.04 bits per heavy atom. The first-order valence-corrected chi connectivity index (χ1v) is 11.3. The molecule has 1 saturated heterocycles. The van der Waals surface area contributed by atoms with E-state index in [1.807, 2.05) is 42.3 Å². The molecule has 0 aromatic heterocycles. The quantitative estimate of drug-likeness (QED) is 0.710. The van der Waals surface area contributed by atoms with Crippen LogP contribution in [0, 0.1) is 5.92 Å². The lowest BCUT2D eigenvalue weighted by molar-refractivity contribution is -0.146. The molecule has 0 saturated carbocycles. The lowest BCUT2D eigenvalue weighted by atomic mass is 9.97. The summed E-state index contributed by atoms with van der Waals surface area (Å²) in [6, 6.07) is 7.14. The van der Waals surface area contributed by atoms with Crippen molar-refractivity contribution in [1.82, 2.24) is 4.90 Å². The zero-order chi connectivity index (χ0) is 18.6. The summed E-state index contributed by atoms with van der Waals surface area (Å²) < 4.78 is 7.18. The minimum Gasteiger partial charge on any atom is -0.478 e. The number of nitrogens with zero attached hydrogens (tertiary/aromatic N) is 2. The molecule has 0 aliphatic carbocycles. The van der Waals surface area contributed by atoms with Crippen molar-refractivity contribution >= 4 is 45.4 Å². The van der Waals surface area contributed by atoms with Gasteiger partial charge in [0.15, 0.2) is 5.60 Å². The van der Waals surface area contributed by atoms with Crippen LogP contribution < -0.4 is 4.74 Å². The number of halogens is 1. The van der Waals surface area contributed by atoms with E-state index in [-0.39, 0.29) is 5.91 Å². The van der Waals surface area contributed by atoms with E-state index in [0.29, 0.717) is 16.7 Å². The average molecular weight is 413 g/mol. The second-order valence-corrected chi connectivity index (χ2v) is 9.90. The molecule has 0 spiro atoms. The van der Waals surface area contributed by atoms with E-state index in [9.17, 15) is 4.79 Å². The number of amides is 1. The molecular weight excluding hydrogens is 388 g/mol. The number of ether oxygens (including phenoxy) is 1. The summed E-state index contributed by atoms with van der Waals surface area (Å²) >= 11 is 9.65. The molecule has 3 rings (SSSR count). The van der Waals surface area contributed by atoms with Gasteiger partial charge in [0.25, 0.3) is 5.91 Å². The maximum Gasteiger partial charge on any atom is 0.266 e. The van der Waals surface area contributed by atoms with Gasteiger partial charge in [0, 0.05) is 29.6 Å². The molecule has 1 fully saturated rings. The molecule has 2 aliphatic rings. The normalized spacial score (nSPS) is 18.7. The number of rotatable bonds is 5. The molecule has 1 aromatic carbocycles. The summed E-state index contributed by atoms with van der Waals surface area (Å²) in [5.41, 5.74) is -0.884. The largest absolute Gasteiger partial charge is 0.478 e. The number of thioether (sulfide) groups is 2. The average Bonchev–Trinajstić information content (AvgIpc) is 3.15. The molecule has 2 aliphatic heterocycles. The Kier molecular flexibility index (Phi) is 6.81. The van der Waals surface area contributed by atoms with Gasteiger partial charge in [-0.25, -0.2) is 0 Å². The Morgan fingerprint density at radius 1 is 1.35 bits per heavy atom. The van der Waals surface area contributed by atoms with Crippen LogP contribution >= 0.6 is 35.1 Å². The maximum absolute atomic E-state index is 12.9. The van der Waals surface area contributed by atoms with E-state index < -0.39 is 5.60 Å². The molecule has 0 bridgehead atoms. The molecule has 7 heteroatoms. The van der Waals surface area contributed by atoms with Crippen molar-refractivity contribution in [2.45, 2.75) is 32.3 Å². The minimum atomic E-state index is -0.884. The van der Waals surface area contributed by atoms with Gasteiger partial charge in [-0.1, -0.05) is 35.1 Å². The Hall–Kier alpha value is -0.850. The van der Waals surface area contributed by atoms with Crippen molar-refractivity contribution in [3.63, 3.8) is 0 Å². The predicted octanol–water partition coefficient (Wildman–Crippen LogP) is 4.57. The van der Waals surface area contributed by atoms with Crippen LogP contribution in [-0.2, 0) is 4.79 Å². The zero-order valence-electron chi connectivity index (χ0n) is 15.2. The first-order chi connectivity index (χ1) is 12.4. The number of benzene rings is 1. The standard InChI is InChI=1S/C19H25ClN2O2S2/c1-19(2,24-16-5-3-15(20)4-6-16)17(23)22-10-7-14(8-11-22)13-26-18-21-9-12-25-18/h3-6,14H,7-13H2,1-2H3. The number of hydrogen-bond acceptors (Lipinski definition) is 5. The highest BCUT2D eigenvalue weighted by Gasteiger charge is 2.36. The molecule has 0 unspecified atom stereocenters. The third-order valence-electron chi connectivity index (χ3n) is 4.60. The fourth-order valence-corrected chi connectivity index (χ4v) is 5.46. The molecule has 0 atom stereocenters. The predicted molar refractivity (Wildman–Crippen MR) is 113 cm³/mol. The summed E-state index contributed by atoms with van der Waals surface area (Å²) in [5.74, 6) is 3.60. The van der Waals surface area contributed by atoms with Gasteiger partial charge >= 0.3 is 0 Å². The third-order valence-corrected chi connectivity index (χ3v) is 7.34. The van der Waals surface area contributed by atoms with Crippen LogP contribution in [0.1, 0.15) is 26.7 Å². The number of piperidine rings is 1. The molecule has 142 valence electrons. The van der Waals surface area contributed by atoms with Gasteiger partial charge < -0.3 is 9.64 Å². The highest BCUT2D eigenvalue weighted by atomic mass is 35.5. The fraction of sp³-hybridized carbons (Fsp3) is 0.579. The van der Waals surface area contributed by atoms with Crippen LogP contribution in [0.25, 0.3) is 0 Å². The van der Waals surface area contributed by atoms with Gasteiger partial charge in [-0.05, 0) is 56.9 Å². The summed E-state index contributed by atoms with van der Waals surface area (Å²) in [7, 11) is 0. The fourth-order valence-electron chi connectivity index (χ4n) is 3.12. The molecule has 26 heavy (non-hydrogen) atoms. The smallest absolute Gasteiger partial charge is 0.266 e. The third kappa shape index (κ3) is 5.33.